The Morgan fingerprint density at radius 3 is 2.38 bits per heavy atom. The number of nitrogens with two attached hydrogens (primary N) is 1. The maximum Gasteiger partial charge on any atom is 0.253 e. The summed E-state index contributed by atoms with van der Waals surface area (Å²) in [5.41, 5.74) is 6.30. The monoisotopic (exact) mass is 313 g/mol. The second-order valence-corrected chi connectivity index (χ2v) is 5.06. The summed E-state index contributed by atoms with van der Waals surface area (Å²) in [6, 6.07) is 6.92. The van der Waals surface area contributed by atoms with E-state index in [-0.39, 0.29) is 24.2 Å². The summed E-state index contributed by atoms with van der Waals surface area (Å²) < 4.78 is 4.93. The molecule has 2 amide bonds. The zero-order valence-corrected chi connectivity index (χ0v) is 12.8. The highest BCUT2D eigenvalue weighted by Crippen LogP contribution is 2.33. The van der Waals surface area contributed by atoms with E-state index in [0.717, 1.165) is 0 Å². The molecule has 1 saturated carbocycles. The number of anilines is 2. The van der Waals surface area contributed by atoms with Gasteiger partial charge in [-0.1, -0.05) is 6.07 Å². The molecule has 0 aliphatic heterocycles. The number of halogens is 1. The van der Waals surface area contributed by atoms with Crippen molar-refractivity contribution in [3.05, 3.63) is 24.3 Å². The van der Waals surface area contributed by atoms with Gasteiger partial charge in [0, 0.05) is 18.5 Å². The van der Waals surface area contributed by atoms with Crippen LogP contribution in [0.3, 0.4) is 0 Å². The Hall–Kier alpha value is -1.63. The molecule has 116 valence electrons. The molecule has 7 heteroatoms. The Kier molecular flexibility index (Phi) is 5.71. The Labute approximate surface area is 129 Å². The van der Waals surface area contributed by atoms with E-state index >= 15 is 0 Å². The number of hydrogen-bond donors (Lipinski definition) is 3. The Morgan fingerprint density at radius 2 is 1.86 bits per heavy atom. The van der Waals surface area contributed by atoms with E-state index in [0.29, 0.717) is 24.2 Å². The number of carbonyl (C=O) groups excluding carboxylic acids is 2. The molecule has 2 rings (SSSR count). The molecule has 1 aromatic carbocycles. The molecule has 1 atom stereocenters. The third-order valence-corrected chi connectivity index (χ3v) is 3.35. The molecule has 0 spiro atoms. The minimum Gasteiger partial charge on any atom is -0.372 e. The maximum atomic E-state index is 11.8. The number of methoxy groups -OCH3 is 1. The van der Waals surface area contributed by atoms with E-state index in [1.807, 2.05) is 0 Å². The summed E-state index contributed by atoms with van der Waals surface area (Å²) in [5, 5.41) is 5.47. The van der Waals surface area contributed by atoms with Crippen molar-refractivity contribution in [3.8, 4) is 0 Å². The SMILES string of the molecule is COC(C)C(=O)Nc1cccc(NC(=O)C2(N)CC2)c1.Cl. The van der Waals surface area contributed by atoms with Crippen LogP contribution in [0.15, 0.2) is 24.3 Å². The first kappa shape index (κ1) is 17.4. The van der Waals surface area contributed by atoms with Gasteiger partial charge in [0.1, 0.15) is 6.10 Å². The smallest absolute Gasteiger partial charge is 0.253 e. The number of carbonyl (C=O) groups is 2. The molecule has 1 aromatic rings. The lowest BCUT2D eigenvalue weighted by atomic mass is 10.2. The van der Waals surface area contributed by atoms with Gasteiger partial charge in [-0.3, -0.25) is 9.59 Å². The fourth-order valence-electron chi connectivity index (χ4n) is 1.64. The molecule has 0 aromatic heterocycles. The highest BCUT2D eigenvalue weighted by Gasteiger charge is 2.45. The van der Waals surface area contributed by atoms with Crippen LogP contribution in [0.1, 0.15) is 19.8 Å². The lowest BCUT2D eigenvalue weighted by Crippen LogP contribution is -2.37. The molecule has 21 heavy (non-hydrogen) atoms. The van der Waals surface area contributed by atoms with Crippen molar-refractivity contribution in [1.29, 1.82) is 0 Å². The predicted octanol–water partition coefficient (Wildman–Crippen LogP) is 1.51. The first-order valence-corrected chi connectivity index (χ1v) is 6.49. The molecule has 0 saturated heterocycles. The largest absolute Gasteiger partial charge is 0.372 e. The van der Waals surface area contributed by atoms with Crippen molar-refractivity contribution in [1.82, 2.24) is 0 Å². The first-order valence-electron chi connectivity index (χ1n) is 6.49. The maximum absolute atomic E-state index is 11.8. The van der Waals surface area contributed by atoms with Crippen LogP contribution in [0.25, 0.3) is 0 Å². The van der Waals surface area contributed by atoms with E-state index in [1.165, 1.54) is 7.11 Å². The van der Waals surface area contributed by atoms with Gasteiger partial charge in [0.15, 0.2) is 0 Å². The molecule has 0 radical (unpaired) electrons. The van der Waals surface area contributed by atoms with Crippen LogP contribution in [-0.4, -0.2) is 30.6 Å². The fourth-order valence-corrected chi connectivity index (χ4v) is 1.64. The molecule has 4 N–H and O–H groups in total. The summed E-state index contributed by atoms with van der Waals surface area (Å²) in [6.07, 6.45) is 0.883. The molecule has 0 heterocycles. The van der Waals surface area contributed by atoms with Crippen LogP contribution >= 0.6 is 12.4 Å². The summed E-state index contributed by atoms with van der Waals surface area (Å²) in [5.74, 6) is -0.431. The van der Waals surface area contributed by atoms with Crippen LogP contribution in [0.5, 0.6) is 0 Å². The topological polar surface area (TPSA) is 93.5 Å². The van der Waals surface area contributed by atoms with Gasteiger partial charge in [0.25, 0.3) is 5.91 Å². The van der Waals surface area contributed by atoms with Gasteiger partial charge in [0.05, 0.1) is 5.54 Å². The van der Waals surface area contributed by atoms with Crippen molar-refractivity contribution in [2.75, 3.05) is 17.7 Å². The van der Waals surface area contributed by atoms with Gasteiger partial charge in [-0.25, -0.2) is 0 Å². The predicted molar refractivity (Wildman–Crippen MR) is 83.6 cm³/mol. The van der Waals surface area contributed by atoms with Gasteiger partial charge in [0.2, 0.25) is 5.91 Å². The number of nitrogens with one attached hydrogen (secondary N) is 2. The van der Waals surface area contributed by atoms with E-state index < -0.39 is 11.6 Å². The number of benzene rings is 1. The average Bonchev–Trinajstić information content (AvgIpc) is 3.17. The van der Waals surface area contributed by atoms with Crippen LogP contribution in [0.2, 0.25) is 0 Å². The third-order valence-electron chi connectivity index (χ3n) is 3.35. The minimum absolute atomic E-state index is 0. The Bertz CT molecular complexity index is 532. The Balaban J connectivity index is 0.00000220. The van der Waals surface area contributed by atoms with Gasteiger partial charge < -0.3 is 21.1 Å². The molecule has 1 unspecified atom stereocenters. The fraction of sp³-hybridized carbons (Fsp3) is 0.429. The zero-order valence-electron chi connectivity index (χ0n) is 12.0. The zero-order chi connectivity index (χ0) is 14.8. The van der Waals surface area contributed by atoms with Crippen LogP contribution in [0, 0.1) is 0 Å². The third kappa shape index (κ3) is 4.42. The van der Waals surface area contributed by atoms with E-state index in [1.54, 1.807) is 31.2 Å². The second-order valence-electron chi connectivity index (χ2n) is 5.06. The summed E-state index contributed by atoms with van der Waals surface area (Å²) in [4.78, 5) is 23.5. The van der Waals surface area contributed by atoms with E-state index in [2.05, 4.69) is 10.6 Å². The van der Waals surface area contributed by atoms with Crippen molar-refractivity contribution in [2.24, 2.45) is 5.73 Å². The second kappa shape index (κ2) is 6.89. The molecule has 1 fully saturated rings. The first-order chi connectivity index (χ1) is 9.44. The summed E-state index contributed by atoms with van der Waals surface area (Å²) >= 11 is 0. The van der Waals surface area contributed by atoms with Crippen LogP contribution < -0.4 is 16.4 Å². The van der Waals surface area contributed by atoms with Crippen molar-refractivity contribution >= 4 is 35.6 Å². The lowest BCUT2D eigenvalue weighted by Gasteiger charge is -2.13. The van der Waals surface area contributed by atoms with Gasteiger partial charge in [-0.2, -0.15) is 0 Å². The minimum atomic E-state index is -0.718. The quantitative estimate of drug-likeness (QED) is 0.768. The number of ether oxygens (including phenoxy) is 1. The van der Waals surface area contributed by atoms with Crippen LogP contribution in [0.4, 0.5) is 11.4 Å². The average molecular weight is 314 g/mol. The number of hydrogen-bond acceptors (Lipinski definition) is 4. The highest BCUT2D eigenvalue weighted by molar-refractivity contribution is 6.01. The standard InChI is InChI=1S/C14H19N3O3.ClH/c1-9(20-2)12(18)16-10-4-3-5-11(8-10)17-13(19)14(15)6-7-14;/h3-5,8-9H,6-7,15H2,1-2H3,(H,16,18)(H,17,19);1H. The van der Waals surface area contributed by atoms with E-state index in [4.69, 9.17) is 10.5 Å². The summed E-state index contributed by atoms with van der Waals surface area (Å²) in [6.45, 7) is 1.66. The molecule has 0 bridgehead atoms. The molecule has 6 nitrogen and oxygen atoms in total. The molecule has 1 aliphatic rings. The number of rotatable bonds is 5. The number of amides is 2. The van der Waals surface area contributed by atoms with Gasteiger partial charge in [-0.05, 0) is 38.0 Å². The van der Waals surface area contributed by atoms with Gasteiger partial charge >= 0.3 is 0 Å². The van der Waals surface area contributed by atoms with E-state index in [9.17, 15) is 9.59 Å². The van der Waals surface area contributed by atoms with Crippen molar-refractivity contribution < 1.29 is 14.3 Å². The Morgan fingerprint density at radius 1 is 1.29 bits per heavy atom. The summed E-state index contributed by atoms with van der Waals surface area (Å²) in [7, 11) is 1.47. The normalized spacial score (nSPS) is 16.3. The van der Waals surface area contributed by atoms with Crippen molar-refractivity contribution in [3.63, 3.8) is 0 Å². The molecular weight excluding hydrogens is 294 g/mol. The van der Waals surface area contributed by atoms with Gasteiger partial charge in [-0.15, -0.1) is 12.4 Å². The van der Waals surface area contributed by atoms with Crippen molar-refractivity contribution in [2.45, 2.75) is 31.4 Å². The molecule has 1 aliphatic carbocycles. The lowest BCUT2D eigenvalue weighted by molar-refractivity contribution is -0.124. The van der Waals surface area contributed by atoms with Crippen LogP contribution in [-0.2, 0) is 14.3 Å². The molecular formula is C14H20ClN3O3. The highest BCUT2D eigenvalue weighted by atomic mass is 35.5.